The summed E-state index contributed by atoms with van der Waals surface area (Å²) in [5.74, 6) is 0. The second-order valence-electron chi connectivity index (χ2n) is 5.67. The van der Waals surface area contributed by atoms with Crippen LogP contribution in [0.3, 0.4) is 0 Å². The molecule has 0 aliphatic carbocycles. The van der Waals surface area contributed by atoms with Crippen LogP contribution in [0.1, 0.15) is 25.0 Å². The van der Waals surface area contributed by atoms with Crippen molar-refractivity contribution in [3.63, 3.8) is 0 Å². The maximum Gasteiger partial charge on any atom is 0.269 e. The molecule has 5 heteroatoms. The van der Waals surface area contributed by atoms with Crippen molar-refractivity contribution in [1.82, 2.24) is 4.90 Å². The van der Waals surface area contributed by atoms with Crippen molar-refractivity contribution >= 4 is 11.4 Å². The molecule has 0 heterocycles. The van der Waals surface area contributed by atoms with Crippen LogP contribution in [0.15, 0.2) is 48.5 Å². The van der Waals surface area contributed by atoms with E-state index in [-0.39, 0.29) is 10.6 Å². The molecule has 0 saturated carbocycles. The molecule has 116 valence electrons. The maximum absolute atomic E-state index is 10.7. The lowest BCUT2D eigenvalue weighted by Crippen LogP contribution is -2.29. The van der Waals surface area contributed by atoms with Gasteiger partial charge in [0.25, 0.3) is 5.69 Å². The van der Waals surface area contributed by atoms with Gasteiger partial charge in [0.15, 0.2) is 0 Å². The fraction of sp³-hybridized carbons (Fsp3) is 0.294. The second kappa shape index (κ2) is 7.04. The second-order valence-corrected chi connectivity index (χ2v) is 5.67. The Morgan fingerprint density at radius 1 is 1.09 bits per heavy atom. The predicted octanol–water partition coefficient (Wildman–Crippen LogP) is 3.59. The van der Waals surface area contributed by atoms with E-state index < -0.39 is 0 Å². The lowest BCUT2D eigenvalue weighted by atomic mass is 10.1. The van der Waals surface area contributed by atoms with Gasteiger partial charge in [0.2, 0.25) is 0 Å². The van der Waals surface area contributed by atoms with Gasteiger partial charge in [-0.15, -0.1) is 0 Å². The van der Waals surface area contributed by atoms with Crippen LogP contribution in [-0.2, 0) is 13.1 Å². The zero-order valence-electron chi connectivity index (χ0n) is 12.9. The number of nitrogens with zero attached hydrogens (tertiary/aromatic N) is 2. The molecule has 0 saturated heterocycles. The Morgan fingerprint density at radius 2 is 1.73 bits per heavy atom. The third-order valence-corrected chi connectivity index (χ3v) is 3.60. The molecule has 2 rings (SSSR count). The SMILES string of the molecule is CC(C)N(Cc1ccc([N+](=O)[O-])cc1)Cc1cccc(N)c1. The van der Waals surface area contributed by atoms with Gasteiger partial charge in [-0.25, -0.2) is 0 Å². The lowest BCUT2D eigenvalue weighted by Gasteiger charge is -2.26. The molecule has 2 aromatic rings. The molecule has 0 atom stereocenters. The summed E-state index contributed by atoms with van der Waals surface area (Å²) in [6.45, 7) is 5.81. The normalized spacial score (nSPS) is 11.1. The van der Waals surface area contributed by atoms with Crippen LogP contribution in [-0.4, -0.2) is 15.9 Å². The summed E-state index contributed by atoms with van der Waals surface area (Å²) >= 11 is 0. The monoisotopic (exact) mass is 299 g/mol. The molecular weight excluding hydrogens is 278 g/mol. The molecule has 0 radical (unpaired) electrons. The van der Waals surface area contributed by atoms with Crippen molar-refractivity contribution in [2.75, 3.05) is 5.73 Å². The number of hydrogen-bond donors (Lipinski definition) is 1. The lowest BCUT2D eigenvalue weighted by molar-refractivity contribution is -0.384. The van der Waals surface area contributed by atoms with Gasteiger partial charge in [-0.2, -0.15) is 0 Å². The summed E-state index contributed by atoms with van der Waals surface area (Å²) in [5.41, 5.74) is 8.93. The van der Waals surface area contributed by atoms with E-state index in [1.165, 1.54) is 0 Å². The largest absolute Gasteiger partial charge is 0.399 e. The quantitative estimate of drug-likeness (QED) is 0.502. The Balaban J connectivity index is 2.10. The van der Waals surface area contributed by atoms with E-state index in [9.17, 15) is 10.1 Å². The van der Waals surface area contributed by atoms with Gasteiger partial charge in [-0.1, -0.05) is 24.3 Å². The zero-order chi connectivity index (χ0) is 16.1. The Bertz CT molecular complexity index is 639. The van der Waals surface area contributed by atoms with Crippen molar-refractivity contribution in [3.05, 3.63) is 69.8 Å². The molecule has 0 unspecified atom stereocenters. The zero-order valence-corrected chi connectivity index (χ0v) is 12.9. The van der Waals surface area contributed by atoms with Gasteiger partial charge in [0.1, 0.15) is 0 Å². The standard InChI is InChI=1S/C17H21N3O2/c1-13(2)19(12-15-4-3-5-16(18)10-15)11-14-6-8-17(9-7-14)20(21)22/h3-10,13H,11-12,18H2,1-2H3. The first kappa shape index (κ1) is 16.0. The minimum absolute atomic E-state index is 0.121. The minimum atomic E-state index is -0.378. The number of anilines is 1. The van der Waals surface area contributed by atoms with Crippen molar-refractivity contribution in [3.8, 4) is 0 Å². The number of hydrogen-bond acceptors (Lipinski definition) is 4. The highest BCUT2D eigenvalue weighted by atomic mass is 16.6. The number of rotatable bonds is 6. The molecule has 2 N–H and O–H groups in total. The van der Waals surface area contributed by atoms with Crippen LogP contribution in [0.5, 0.6) is 0 Å². The number of non-ortho nitro benzene ring substituents is 1. The minimum Gasteiger partial charge on any atom is -0.399 e. The van der Waals surface area contributed by atoms with Gasteiger partial charge >= 0.3 is 0 Å². The number of nitro groups is 1. The molecule has 0 bridgehead atoms. The van der Waals surface area contributed by atoms with Gasteiger partial charge < -0.3 is 5.73 Å². The molecule has 0 amide bonds. The summed E-state index contributed by atoms with van der Waals surface area (Å²) in [7, 11) is 0. The number of benzene rings is 2. The molecule has 0 spiro atoms. The van der Waals surface area contributed by atoms with Crippen LogP contribution in [0, 0.1) is 10.1 Å². The Labute approximate surface area is 130 Å². The first-order valence-electron chi connectivity index (χ1n) is 7.27. The number of nitro benzene ring substituents is 1. The fourth-order valence-corrected chi connectivity index (χ4v) is 2.30. The van der Waals surface area contributed by atoms with Gasteiger partial charge in [-0.05, 0) is 37.1 Å². The van der Waals surface area contributed by atoms with Crippen molar-refractivity contribution in [2.45, 2.75) is 33.0 Å². The van der Waals surface area contributed by atoms with Crippen molar-refractivity contribution in [2.24, 2.45) is 0 Å². The average Bonchev–Trinajstić information content (AvgIpc) is 2.47. The van der Waals surface area contributed by atoms with E-state index >= 15 is 0 Å². The molecule has 0 aromatic heterocycles. The smallest absolute Gasteiger partial charge is 0.269 e. The highest BCUT2D eigenvalue weighted by Gasteiger charge is 2.12. The Morgan fingerprint density at radius 3 is 2.27 bits per heavy atom. The summed E-state index contributed by atoms with van der Waals surface area (Å²) in [5, 5.41) is 10.7. The third-order valence-electron chi connectivity index (χ3n) is 3.60. The fourth-order valence-electron chi connectivity index (χ4n) is 2.30. The van der Waals surface area contributed by atoms with E-state index in [0.29, 0.717) is 6.04 Å². The molecular formula is C17H21N3O2. The average molecular weight is 299 g/mol. The van der Waals surface area contributed by atoms with E-state index in [2.05, 4.69) is 24.8 Å². The Hall–Kier alpha value is -2.40. The van der Waals surface area contributed by atoms with E-state index in [4.69, 9.17) is 5.73 Å². The molecule has 0 aliphatic heterocycles. The van der Waals surface area contributed by atoms with Gasteiger partial charge in [0, 0.05) is 37.0 Å². The summed E-state index contributed by atoms with van der Waals surface area (Å²) < 4.78 is 0. The molecule has 0 aliphatic rings. The molecule has 2 aromatic carbocycles. The van der Waals surface area contributed by atoms with Crippen LogP contribution in [0.25, 0.3) is 0 Å². The van der Waals surface area contributed by atoms with Crippen molar-refractivity contribution in [1.29, 1.82) is 0 Å². The van der Waals surface area contributed by atoms with Crippen LogP contribution in [0.4, 0.5) is 11.4 Å². The Kier molecular flexibility index (Phi) is 5.12. The molecule has 0 fully saturated rings. The van der Waals surface area contributed by atoms with Gasteiger partial charge in [-0.3, -0.25) is 15.0 Å². The van der Waals surface area contributed by atoms with E-state index in [1.807, 2.05) is 30.3 Å². The maximum atomic E-state index is 10.7. The number of nitrogens with two attached hydrogens (primary N) is 1. The van der Waals surface area contributed by atoms with E-state index in [0.717, 1.165) is 29.9 Å². The summed E-state index contributed by atoms with van der Waals surface area (Å²) in [6, 6.07) is 14.9. The molecule has 22 heavy (non-hydrogen) atoms. The topological polar surface area (TPSA) is 72.4 Å². The highest BCUT2D eigenvalue weighted by Crippen LogP contribution is 2.17. The highest BCUT2D eigenvalue weighted by molar-refractivity contribution is 5.40. The third kappa shape index (κ3) is 4.30. The van der Waals surface area contributed by atoms with Crippen LogP contribution < -0.4 is 5.73 Å². The van der Waals surface area contributed by atoms with Gasteiger partial charge in [0.05, 0.1) is 4.92 Å². The predicted molar refractivity (Wildman–Crippen MR) is 88.3 cm³/mol. The van der Waals surface area contributed by atoms with Crippen molar-refractivity contribution < 1.29 is 4.92 Å². The first-order valence-corrected chi connectivity index (χ1v) is 7.27. The van der Waals surface area contributed by atoms with Crippen LogP contribution in [0.2, 0.25) is 0 Å². The first-order chi connectivity index (χ1) is 10.5. The summed E-state index contributed by atoms with van der Waals surface area (Å²) in [6.07, 6.45) is 0. The van der Waals surface area contributed by atoms with E-state index in [1.54, 1.807) is 12.1 Å². The molecule has 5 nitrogen and oxygen atoms in total. The summed E-state index contributed by atoms with van der Waals surface area (Å²) in [4.78, 5) is 12.6. The number of nitrogen functional groups attached to an aromatic ring is 1. The van der Waals surface area contributed by atoms with Crippen LogP contribution >= 0.6 is 0 Å².